The minimum Gasteiger partial charge on any atom is -0.497 e. The van der Waals surface area contributed by atoms with Crippen molar-refractivity contribution >= 4 is 23.1 Å². The zero-order chi connectivity index (χ0) is 20.8. The van der Waals surface area contributed by atoms with Gasteiger partial charge in [-0.2, -0.15) is 4.98 Å². The van der Waals surface area contributed by atoms with Crippen LogP contribution < -0.4 is 24.8 Å². The van der Waals surface area contributed by atoms with Crippen LogP contribution in [0.2, 0.25) is 0 Å². The highest BCUT2D eigenvalue weighted by Crippen LogP contribution is 2.31. The minimum absolute atomic E-state index is 0.141. The number of methoxy groups -OCH3 is 2. The first kappa shape index (κ1) is 20.3. The van der Waals surface area contributed by atoms with Gasteiger partial charge >= 0.3 is 0 Å². The van der Waals surface area contributed by atoms with Crippen molar-refractivity contribution in [2.24, 2.45) is 0 Å². The van der Waals surface area contributed by atoms with E-state index in [1.54, 1.807) is 20.3 Å². The second kappa shape index (κ2) is 9.14. The monoisotopic (exact) mass is 394 g/mol. The van der Waals surface area contributed by atoms with E-state index >= 15 is 0 Å². The van der Waals surface area contributed by atoms with Gasteiger partial charge in [-0.15, -0.1) is 0 Å². The zero-order valence-electron chi connectivity index (χ0n) is 17.3. The summed E-state index contributed by atoms with van der Waals surface area (Å²) in [6.07, 6.45) is 0.141. The minimum atomic E-state index is 0.141. The molecule has 0 saturated heterocycles. The SMILES string of the molecule is COc1ccc(Nc2nc(C)cc(Nc3ccc(OC(C)C)cc3)n2)c(OC)c1. The van der Waals surface area contributed by atoms with Gasteiger partial charge in [-0.1, -0.05) is 0 Å². The Morgan fingerprint density at radius 1 is 0.828 bits per heavy atom. The molecule has 0 aliphatic rings. The van der Waals surface area contributed by atoms with Crippen molar-refractivity contribution in [1.82, 2.24) is 9.97 Å². The van der Waals surface area contributed by atoms with Gasteiger partial charge in [-0.3, -0.25) is 0 Å². The first-order valence-corrected chi connectivity index (χ1v) is 9.35. The summed E-state index contributed by atoms with van der Waals surface area (Å²) in [6.45, 7) is 5.92. The van der Waals surface area contributed by atoms with Crippen molar-refractivity contribution in [3.05, 3.63) is 54.2 Å². The lowest BCUT2D eigenvalue weighted by Gasteiger charge is -2.14. The summed E-state index contributed by atoms with van der Waals surface area (Å²) < 4.78 is 16.3. The summed E-state index contributed by atoms with van der Waals surface area (Å²) in [5.41, 5.74) is 2.49. The molecule has 3 rings (SSSR count). The number of aromatic nitrogens is 2. The molecule has 0 unspecified atom stereocenters. The van der Waals surface area contributed by atoms with E-state index in [0.29, 0.717) is 23.3 Å². The van der Waals surface area contributed by atoms with E-state index in [1.165, 1.54) is 0 Å². The van der Waals surface area contributed by atoms with E-state index in [1.807, 2.05) is 63.2 Å². The first-order chi connectivity index (χ1) is 14.0. The van der Waals surface area contributed by atoms with Crippen molar-refractivity contribution < 1.29 is 14.2 Å². The van der Waals surface area contributed by atoms with Crippen molar-refractivity contribution in [3.8, 4) is 17.2 Å². The third-order valence-corrected chi connectivity index (χ3v) is 4.01. The fourth-order valence-electron chi connectivity index (χ4n) is 2.75. The smallest absolute Gasteiger partial charge is 0.229 e. The molecule has 0 aliphatic heterocycles. The number of aryl methyl sites for hydroxylation is 1. The topological polar surface area (TPSA) is 77.5 Å². The Hall–Kier alpha value is -3.48. The van der Waals surface area contributed by atoms with Gasteiger partial charge in [0.1, 0.15) is 23.1 Å². The molecule has 152 valence electrons. The fourth-order valence-corrected chi connectivity index (χ4v) is 2.75. The van der Waals surface area contributed by atoms with E-state index in [0.717, 1.165) is 22.8 Å². The number of ether oxygens (including phenoxy) is 3. The van der Waals surface area contributed by atoms with Gasteiger partial charge in [-0.05, 0) is 57.2 Å². The van der Waals surface area contributed by atoms with E-state index in [2.05, 4.69) is 20.6 Å². The summed E-state index contributed by atoms with van der Waals surface area (Å²) in [5, 5.41) is 6.51. The van der Waals surface area contributed by atoms with Gasteiger partial charge in [0.25, 0.3) is 0 Å². The first-order valence-electron chi connectivity index (χ1n) is 9.35. The normalized spacial score (nSPS) is 10.6. The predicted molar refractivity (Wildman–Crippen MR) is 115 cm³/mol. The Bertz CT molecular complexity index is 959. The number of rotatable bonds is 8. The number of hydrogen-bond acceptors (Lipinski definition) is 7. The number of benzene rings is 2. The molecule has 0 bridgehead atoms. The molecule has 29 heavy (non-hydrogen) atoms. The largest absolute Gasteiger partial charge is 0.497 e. The van der Waals surface area contributed by atoms with E-state index in [9.17, 15) is 0 Å². The predicted octanol–water partition coefficient (Wildman–Crippen LogP) is 5.08. The molecule has 2 aromatic carbocycles. The molecule has 3 aromatic rings. The molecule has 0 spiro atoms. The number of nitrogens with zero attached hydrogens (tertiary/aromatic N) is 2. The van der Waals surface area contributed by atoms with E-state index in [-0.39, 0.29) is 6.10 Å². The lowest BCUT2D eigenvalue weighted by Crippen LogP contribution is -2.05. The fraction of sp³-hybridized carbons (Fsp3) is 0.273. The molecule has 0 atom stereocenters. The molecule has 0 fully saturated rings. The lowest BCUT2D eigenvalue weighted by molar-refractivity contribution is 0.242. The number of nitrogens with one attached hydrogen (secondary N) is 2. The Morgan fingerprint density at radius 3 is 2.21 bits per heavy atom. The third kappa shape index (κ3) is 5.51. The third-order valence-electron chi connectivity index (χ3n) is 4.01. The molecule has 0 saturated carbocycles. The van der Waals surface area contributed by atoms with Crippen LogP contribution in [-0.4, -0.2) is 30.3 Å². The standard InChI is InChI=1S/C22H26N4O3/c1-14(2)29-17-8-6-16(7-9-17)24-21-12-15(3)23-22(26-21)25-19-11-10-18(27-4)13-20(19)28-5/h6-14H,1-5H3,(H2,23,24,25,26). The van der Waals surface area contributed by atoms with Crippen molar-refractivity contribution in [1.29, 1.82) is 0 Å². The van der Waals surface area contributed by atoms with Crippen molar-refractivity contribution in [3.63, 3.8) is 0 Å². The summed E-state index contributed by atoms with van der Waals surface area (Å²) in [4.78, 5) is 9.03. The summed E-state index contributed by atoms with van der Waals surface area (Å²) >= 11 is 0. The Labute approximate surface area is 171 Å². The molecule has 2 N–H and O–H groups in total. The van der Waals surface area contributed by atoms with Crippen LogP contribution in [0.4, 0.5) is 23.1 Å². The van der Waals surface area contributed by atoms with Crippen LogP contribution in [0.1, 0.15) is 19.5 Å². The Kier molecular flexibility index (Phi) is 6.39. The number of anilines is 4. The molecule has 1 heterocycles. The molecule has 0 aliphatic carbocycles. The molecular weight excluding hydrogens is 368 g/mol. The highest BCUT2D eigenvalue weighted by atomic mass is 16.5. The lowest BCUT2D eigenvalue weighted by atomic mass is 10.2. The molecular formula is C22H26N4O3. The Balaban J connectivity index is 1.78. The van der Waals surface area contributed by atoms with Crippen LogP contribution in [0.25, 0.3) is 0 Å². The van der Waals surface area contributed by atoms with E-state index in [4.69, 9.17) is 14.2 Å². The quantitative estimate of drug-likeness (QED) is 0.552. The van der Waals surface area contributed by atoms with Crippen LogP contribution >= 0.6 is 0 Å². The van der Waals surface area contributed by atoms with Gasteiger partial charge in [0.2, 0.25) is 5.95 Å². The van der Waals surface area contributed by atoms with Crippen LogP contribution in [0.3, 0.4) is 0 Å². The highest BCUT2D eigenvalue weighted by Gasteiger charge is 2.09. The van der Waals surface area contributed by atoms with Crippen LogP contribution in [0.5, 0.6) is 17.2 Å². The Morgan fingerprint density at radius 2 is 1.55 bits per heavy atom. The van der Waals surface area contributed by atoms with Gasteiger partial charge in [-0.25, -0.2) is 4.98 Å². The molecule has 7 nitrogen and oxygen atoms in total. The average molecular weight is 394 g/mol. The molecule has 1 aromatic heterocycles. The van der Waals surface area contributed by atoms with Gasteiger partial charge in [0.05, 0.1) is 26.0 Å². The summed E-state index contributed by atoms with van der Waals surface area (Å²) in [6, 6.07) is 15.2. The average Bonchev–Trinajstić information content (AvgIpc) is 2.69. The van der Waals surface area contributed by atoms with E-state index < -0.39 is 0 Å². The van der Waals surface area contributed by atoms with Gasteiger partial charge in [0.15, 0.2) is 0 Å². The molecule has 7 heteroatoms. The van der Waals surface area contributed by atoms with Gasteiger partial charge in [0, 0.05) is 23.5 Å². The maximum atomic E-state index is 5.68. The van der Waals surface area contributed by atoms with Crippen molar-refractivity contribution in [2.45, 2.75) is 26.9 Å². The maximum Gasteiger partial charge on any atom is 0.229 e. The molecule has 0 radical (unpaired) electrons. The zero-order valence-corrected chi connectivity index (χ0v) is 17.3. The summed E-state index contributed by atoms with van der Waals surface area (Å²) in [7, 11) is 3.22. The number of hydrogen-bond donors (Lipinski definition) is 2. The summed E-state index contributed by atoms with van der Waals surface area (Å²) in [5.74, 6) is 3.34. The second-order valence-electron chi connectivity index (χ2n) is 6.73. The van der Waals surface area contributed by atoms with Gasteiger partial charge < -0.3 is 24.8 Å². The second-order valence-corrected chi connectivity index (χ2v) is 6.73. The highest BCUT2D eigenvalue weighted by molar-refractivity contribution is 5.66. The van der Waals surface area contributed by atoms with Crippen LogP contribution in [0.15, 0.2) is 48.5 Å². The van der Waals surface area contributed by atoms with Crippen LogP contribution in [0, 0.1) is 6.92 Å². The maximum absolute atomic E-state index is 5.68. The van der Waals surface area contributed by atoms with Crippen molar-refractivity contribution in [2.75, 3.05) is 24.9 Å². The van der Waals surface area contributed by atoms with Crippen LogP contribution in [-0.2, 0) is 0 Å². The molecule has 0 amide bonds.